The van der Waals surface area contributed by atoms with E-state index in [1.165, 1.54) is 0 Å². The van der Waals surface area contributed by atoms with Crippen LogP contribution in [0.2, 0.25) is 0 Å². The van der Waals surface area contributed by atoms with Crippen LogP contribution in [-0.4, -0.2) is 75.0 Å². The maximum absolute atomic E-state index is 12.7. The van der Waals surface area contributed by atoms with E-state index in [-0.39, 0.29) is 5.91 Å². The number of aromatic nitrogens is 1. The lowest BCUT2D eigenvalue weighted by Crippen LogP contribution is -2.53. The number of anilines is 1. The Morgan fingerprint density at radius 1 is 1.28 bits per heavy atom. The fourth-order valence-corrected chi connectivity index (χ4v) is 4.14. The number of carbonyl (C=O) groups excluding carboxylic acids is 1. The molecule has 1 amide bonds. The van der Waals surface area contributed by atoms with Crippen molar-refractivity contribution in [2.75, 3.05) is 58.0 Å². The number of nitrogens with zero attached hydrogens (tertiary/aromatic N) is 3. The molecule has 2 aromatic rings. The standard InChI is InChI=1S/C17H21N3O4S/c1-22-12-2-3-13-15(10-12)25-17(18-13)20-6-9-24-14(11-20)16(21)19-4-7-23-8-5-19/h2-3,10,14H,4-9,11H2,1H3. The Bertz CT molecular complexity index is 759. The van der Waals surface area contributed by atoms with Crippen LogP contribution in [0.15, 0.2) is 18.2 Å². The van der Waals surface area contributed by atoms with E-state index in [0.29, 0.717) is 39.5 Å². The number of thiazole rings is 1. The second kappa shape index (κ2) is 7.15. The second-order valence-electron chi connectivity index (χ2n) is 6.07. The summed E-state index contributed by atoms with van der Waals surface area (Å²) in [4.78, 5) is 21.4. The van der Waals surface area contributed by atoms with E-state index in [4.69, 9.17) is 19.2 Å². The highest BCUT2D eigenvalue weighted by molar-refractivity contribution is 7.22. The molecule has 1 atom stereocenters. The third kappa shape index (κ3) is 3.42. The number of benzene rings is 1. The molecule has 1 unspecified atom stereocenters. The molecule has 0 saturated carbocycles. The van der Waals surface area contributed by atoms with E-state index in [1.807, 2.05) is 23.1 Å². The molecule has 4 rings (SSSR count). The predicted molar refractivity (Wildman–Crippen MR) is 95.5 cm³/mol. The van der Waals surface area contributed by atoms with Gasteiger partial charge in [-0.25, -0.2) is 4.98 Å². The normalized spacial score (nSPS) is 21.6. The first-order valence-corrected chi connectivity index (χ1v) is 9.24. The molecular weight excluding hydrogens is 342 g/mol. The summed E-state index contributed by atoms with van der Waals surface area (Å²) in [6, 6.07) is 5.87. The Morgan fingerprint density at radius 2 is 2.12 bits per heavy atom. The summed E-state index contributed by atoms with van der Waals surface area (Å²) in [6.45, 7) is 4.28. The molecule has 7 nitrogen and oxygen atoms in total. The van der Waals surface area contributed by atoms with Crippen molar-refractivity contribution in [3.8, 4) is 5.75 Å². The summed E-state index contributed by atoms with van der Waals surface area (Å²) < 4.78 is 17.4. The van der Waals surface area contributed by atoms with E-state index in [2.05, 4.69) is 4.90 Å². The molecule has 2 fully saturated rings. The highest BCUT2D eigenvalue weighted by atomic mass is 32.1. The summed E-state index contributed by atoms with van der Waals surface area (Å²) in [5.74, 6) is 0.876. The molecular formula is C17H21N3O4S. The summed E-state index contributed by atoms with van der Waals surface area (Å²) in [6.07, 6.45) is -0.437. The highest BCUT2D eigenvalue weighted by Gasteiger charge is 2.32. The third-order valence-electron chi connectivity index (χ3n) is 4.52. The van der Waals surface area contributed by atoms with E-state index < -0.39 is 6.10 Å². The molecule has 0 N–H and O–H groups in total. The van der Waals surface area contributed by atoms with Gasteiger partial charge >= 0.3 is 0 Å². The number of ether oxygens (including phenoxy) is 3. The molecule has 2 aliphatic rings. The number of morpholine rings is 2. The van der Waals surface area contributed by atoms with Crippen LogP contribution in [0, 0.1) is 0 Å². The maximum atomic E-state index is 12.7. The van der Waals surface area contributed by atoms with Gasteiger partial charge in [0.2, 0.25) is 0 Å². The van der Waals surface area contributed by atoms with Crippen molar-refractivity contribution in [2.24, 2.45) is 0 Å². The molecule has 0 radical (unpaired) electrons. The Hall–Kier alpha value is -1.90. The first kappa shape index (κ1) is 16.6. The van der Waals surface area contributed by atoms with Gasteiger partial charge in [-0.1, -0.05) is 11.3 Å². The zero-order chi connectivity index (χ0) is 17.2. The largest absolute Gasteiger partial charge is 0.497 e. The maximum Gasteiger partial charge on any atom is 0.253 e. The van der Waals surface area contributed by atoms with Crippen molar-refractivity contribution < 1.29 is 19.0 Å². The molecule has 2 aliphatic heterocycles. The van der Waals surface area contributed by atoms with Gasteiger partial charge in [0.1, 0.15) is 5.75 Å². The molecule has 1 aromatic carbocycles. The molecule has 3 heterocycles. The van der Waals surface area contributed by atoms with Gasteiger partial charge in [0, 0.05) is 19.6 Å². The van der Waals surface area contributed by atoms with E-state index in [9.17, 15) is 4.79 Å². The van der Waals surface area contributed by atoms with Crippen LogP contribution in [0.1, 0.15) is 0 Å². The number of hydrogen-bond acceptors (Lipinski definition) is 7. The van der Waals surface area contributed by atoms with Crippen LogP contribution in [0.4, 0.5) is 5.13 Å². The van der Waals surface area contributed by atoms with Gasteiger partial charge in [0.25, 0.3) is 5.91 Å². The summed E-state index contributed by atoms with van der Waals surface area (Å²) in [5, 5.41) is 0.923. The minimum atomic E-state index is -0.437. The van der Waals surface area contributed by atoms with Crippen molar-refractivity contribution in [3.05, 3.63) is 18.2 Å². The number of amides is 1. The van der Waals surface area contributed by atoms with Gasteiger partial charge in [-0.2, -0.15) is 0 Å². The van der Waals surface area contributed by atoms with Crippen molar-refractivity contribution in [1.82, 2.24) is 9.88 Å². The Kier molecular flexibility index (Phi) is 4.74. The average molecular weight is 363 g/mol. The van der Waals surface area contributed by atoms with Crippen LogP contribution in [-0.2, 0) is 14.3 Å². The Morgan fingerprint density at radius 3 is 2.92 bits per heavy atom. The highest BCUT2D eigenvalue weighted by Crippen LogP contribution is 2.32. The van der Waals surface area contributed by atoms with Gasteiger partial charge in [0.15, 0.2) is 11.2 Å². The van der Waals surface area contributed by atoms with Gasteiger partial charge in [-0.05, 0) is 18.2 Å². The SMILES string of the molecule is COc1ccc2nc(N3CCOC(C(=O)N4CCOCC4)C3)sc2c1. The molecule has 8 heteroatoms. The van der Waals surface area contributed by atoms with Gasteiger partial charge in [-0.3, -0.25) is 4.79 Å². The van der Waals surface area contributed by atoms with Crippen molar-refractivity contribution >= 4 is 32.6 Å². The van der Waals surface area contributed by atoms with Crippen molar-refractivity contribution in [1.29, 1.82) is 0 Å². The van der Waals surface area contributed by atoms with E-state index >= 15 is 0 Å². The molecule has 134 valence electrons. The quantitative estimate of drug-likeness (QED) is 0.821. The lowest BCUT2D eigenvalue weighted by molar-refractivity contribution is -0.148. The predicted octanol–water partition coefficient (Wildman–Crippen LogP) is 1.37. The minimum Gasteiger partial charge on any atom is -0.497 e. The molecule has 0 aliphatic carbocycles. The van der Waals surface area contributed by atoms with Gasteiger partial charge < -0.3 is 24.0 Å². The lowest BCUT2D eigenvalue weighted by atomic mass is 10.2. The molecule has 2 saturated heterocycles. The fraction of sp³-hybridized carbons (Fsp3) is 0.529. The van der Waals surface area contributed by atoms with Crippen LogP contribution in [0.5, 0.6) is 5.75 Å². The molecule has 0 bridgehead atoms. The average Bonchev–Trinajstić information content (AvgIpc) is 3.11. The van der Waals surface area contributed by atoms with E-state index in [1.54, 1.807) is 18.4 Å². The topological polar surface area (TPSA) is 64.1 Å². The van der Waals surface area contributed by atoms with Gasteiger partial charge in [0.05, 0.1) is 43.7 Å². The van der Waals surface area contributed by atoms with Crippen LogP contribution >= 0.6 is 11.3 Å². The summed E-state index contributed by atoms with van der Waals surface area (Å²) in [5.41, 5.74) is 0.948. The van der Waals surface area contributed by atoms with Crippen LogP contribution < -0.4 is 9.64 Å². The first-order chi connectivity index (χ1) is 12.2. The number of rotatable bonds is 3. The zero-order valence-electron chi connectivity index (χ0n) is 14.1. The second-order valence-corrected chi connectivity index (χ2v) is 7.08. The van der Waals surface area contributed by atoms with E-state index in [0.717, 1.165) is 27.6 Å². The van der Waals surface area contributed by atoms with Crippen molar-refractivity contribution in [2.45, 2.75) is 6.10 Å². The fourth-order valence-electron chi connectivity index (χ4n) is 3.11. The zero-order valence-corrected chi connectivity index (χ0v) is 15.0. The Labute approximate surface area is 150 Å². The number of methoxy groups -OCH3 is 1. The molecule has 0 spiro atoms. The van der Waals surface area contributed by atoms with Crippen LogP contribution in [0.3, 0.4) is 0 Å². The van der Waals surface area contributed by atoms with Crippen molar-refractivity contribution in [3.63, 3.8) is 0 Å². The van der Waals surface area contributed by atoms with Gasteiger partial charge in [-0.15, -0.1) is 0 Å². The third-order valence-corrected chi connectivity index (χ3v) is 5.60. The van der Waals surface area contributed by atoms with Crippen LogP contribution in [0.25, 0.3) is 10.2 Å². The molecule has 1 aromatic heterocycles. The first-order valence-electron chi connectivity index (χ1n) is 8.42. The summed E-state index contributed by atoms with van der Waals surface area (Å²) in [7, 11) is 1.66. The summed E-state index contributed by atoms with van der Waals surface area (Å²) >= 11 is 1.62. The Balaban J connectivity index is 1.49. The monoisotopic (exact) mass is 363 g/mol. The number of hydrogen-bond donors (Lipinski definition) is 0. The number of carbonyl (C=O) groups is 1. The smallest absolute Gasteiger partial charge is 0.253 e. The number of fused-ring (bicyclic) bond motifs is 1. The minimum absolute atomic E-state index is 0.0516. The molecule has 25 heavy (non-hydrogen) atoms. The lowest BCUT2D eigenvalue weighted by Gasteiger charge is -2.36.